The Morgan fingerprint density at radius 1 is 1.28 bits per heavy atom. The molecule has 1 aromatic heterocycles. The van der Waals surface area contributed by atoms with Crippen molar-refractivity contribution in [1.29, 1.82) is 0 Å². The van der Waals surface area contributed by atoms with Gasteiger partial charge in [-0.2, -0.15) is 4.98 Å². The van der Waals surface area contributed by atoms with Crippen LogP contribution in [0.1, 0.15) is 5.56 Å². The monoisotopic (exact) mass is 325 g/mol. The predicted octanol–water partition coefficient (Wildman–Crippen LogP) is 3.12. The molecule has 0 amide bonds. The molecule has 94 valence electrons. The number of nitrogens with two attached hydrogens (primary N) is 1. The van der Waals surface area contributed by atoms with Crippen molar-refractivity contribution < 1.29 is 4.74 Å². The topological polar surface area (TPSA) is 61.0 Å². The molecule has 2 N–H and O–H groups in total. The molecule has 2 aromatic rings. The molecular weight excluding hydrogens is 314 g/mol. The van der Waals surface area contributed by atoms with E-state index in [4.69, 9.17) is 10.5 Å². The second-order valence-electron chi connectivity index (χ2n) is 3.53. The molecule has 0 aliphatic heterocycles. The van der Waals surface area contributed by atoms with Crippen LogP contribution in [-0.2, 0) is 6.61 Å². The van der Waals surface area contributed by atoms with Crippen LogP contribution in [-0.4, -0.2) is 16.2 Å². The number of anilines is 1. The van der Waals surface area contributed by atoms with Crippen LogP contribution < -0.4 is 10.5 Å². The molecule has 0 aliphatic rings. The molecule has 0 spiro atoms. The fourth-order valence-corrected chi connectivity index (χ4v) is 1.97. The number of hydrogen-bond acceptors (Lipinski definition) is 5. The zero-order valence-corrected chi connectivity index (χ0v) is 12.2. The third-order valence-electron chi connectivity index (χ3n) is 2.18. The Morgan fingerprint density at radius 3 is 2.67 bits per heavy atom. The average molecular weight is 326 g/mol. The van der Waals surface area contributed by atoms with Gasteiger partial charge >= 0.3 is 0 Å². The summed E-state index contributed by atoms with van der Waals surface area (Å²) in [6.45, 7) is 0.456. The molecule has 0 bridgehead atoms. The van der Waals surface area contributed by atoms with Gasteiger partial charge in [-0.15, -0.1) is 0 Å². The molecule has 0 atom stereocenters. The van der Waals surface area contributed by atoms with E-state index in [9.17, 15) is 0 Å². The molecule has 4 nitrogen and oxygen atoms in total. The number of thioether (sulfide) groups is 1. The van der Waals surface area contributed by atoms with Crippen molar-refractivity contribution in [2.24, 2.45) is 0 Å². The Balaban J connectivity index is 2.05. The molecule has 1 heterocycles. The molecule has 2 rings (SSSR count). The van der Waals surface area contributed by atoms with Crippen LogP contribution in [0, 0.1) is 0 Å². The van der Waals surface area contributed by atoms with Crippen LogP contribution >= 0.6 is 27.7 Å². The zero-order chi connectivity index (χ0) is 13.0. The molecule has 0 aliphatic carbocycles. The smallest absolute Gasteiger partial charge is 0.219 e. The highest BCUT2D eigenvalue weighted by Crippen LogP contribution is 2.18. The number of halogens is 1. The molecule has 6 heteroatoms. The van der Waals surface area contributed by atoms with Crippen LogP contribution in [0.2, 0.25) is 0 Å². The van der Waals surface area contributed by atoms with E-state index >= 15 is 0 Å². The van der Waals surface area contributed by atoms with E-state index in [-0.39, 0.29) is 0 Å². The summed E-state index contributed by atoms with van der Waals surface area (Å²) in [6, 6.07) is 9.55. The van der Waals surface area contributed by atoms with Crippen molar-refractivity contribution in [3.05, 3.63) is 40.4 Å². The number of benzene rings is 1. The second kappa shape index (κ2) is 6.06. The average Bonchev–Trinajstić information content (AvgIpc) is 2.37. The van der Waals surface area contributed by atoms with Gasteiger partial charge in [0.15, 0.2) is 5.16 Å². The van der Waals surface area contributed by atoms with Crippen molar-refractivity contribution in [1.82, 2.24) is 9.97 Å². The maximum absolute atomic E-state index is 5.67. The summed E-state index contributed by atoms with van der Waals surface area (Å²) in [6.07, 6.45) is 1.90. The van der Waals surface area contributed by atoms with Gasteiger partial charge in [-0.1, -0.05) is 39.8 Å². The quantitative estimate of drug-likeness (QED) is 0.691. The summed E-state index contributed by atoms with van der Waals surface area (Å²) in [7, 11) is 0. The summed E-state index contributed by atoms with van der Waals surface area (Å²) >= 11 is 4.82. The van der Waals surface area contributed by atoms with Gasteiger partial charge in [0.2, 0.25) is 5.88 Å². The standard InChI is InChI=1S/C12H12BrN3OS/c1-18-12-15-10(14)6-11(16-12)17-7-8-2-4-9(13)5-3-8/h2-6H,7H2,1H3,(H2,14,15,16). The van der Waals surface area contributed by atoms with Crippen LogP contribution in [0.25, 0.3) is 0 Å². The van der Waals surface area contributed by atoms with Crippen molar-refractivity contribution in [3.63, 3.8) is 0 Å². The summed E-state index contributed by atoms with van der Waals surface area (Å²) in [5, 5.41) is 0.612. The predicted molar refractivity (Wildman–Crippen MR) is 76.7 cm³/mol. The number of hydrogen-bond donors (Lipinski definition) is 1. The van der Waals surface area contributed by atoms with Gasteiger partial charge in [-0.3, -0.25) is 0 Å². The minimum Gasteiger partial charge on any atom is -0.473 e. The fourth-order valence-electron chi connectivity index (χ4n) is 1.32. The fraction of sp³-hybridized carbons (Fsp3) is 0.167. The number of aromatic nitrogens is 2. The zero-order valence-electron chi connectivity index (χ0n) is 9.76. The molecule has 18 heavy (non-hydrogen) atoms. The highest BCUT2D eigenvalue weighted by Gasteiger charge is 2.03. The SMILES string of the molecule is CSc1nc(N)cc(OCc2ccc(Br)cc2)n1. The first-order valence-electron chi connectivity index (χ1n) is 5.23. The molecule has 0 fully saturated rings. The lowest BCUT2D eigenvalue weighted by Crippen LogP contribution is -2.01. The van der Waals surface area contributed by atoms with E-state index < -0.39 is 0 Å². The Labute approximate surface area is 118 Å². The molecule has 0 unspecified atom stereocenters. The van der Waals surface area contributed by atoms with Crippen LogP contribution in [0.15, 0.2) is 40.0 Å². The van der Waals surface area contributed by atoms with E-state index in [1.165, 1.54) is 11.8 Å². The van der Waals surface area contributed by atoms with Gasteiger partial charge in [0.25, 0.3) is 0 Å². The van der Waals surface area contributed by atoms with E-state index in [1.54, 1.807) is 6.07 Å². The highest BCUT2D eigenvalue weighted by atomic mass is 79.9. The maximum Gasteiger partial charge on any atom is 0.219 e. The Hall–Kier alpha value is -1.27. The van der Waals surface area contributed by atoms with Crippen molar-refractivity contribution in [2.45, 2.75) is 11.8 Å². The largest absolute Gasteiger partial charge is 0.473 e. The normalized spacial score (nSPS) is 10.3. The number of nitrogen functional groups attached to an aromatic ring is 1. The first-order chi connectivity index (χ1) is 8.67. The Kier molecular flexibility index (Phi) is 4.43. The molecule has 0 saturated heterocycles. The molecular formula is C12H12BrN3OS. The minimum absolute atomic E-state index is 0.417. The maximum atomic E-state index is 5.67. The van der Waals surface area contributed by atoms with Gasteiger partial charge in [0.05, 0.1) is 0 Å². The van der Waals surface area contributed by atoms with Crippen LogP contribution in [0.5, 0.6) is 5.88 Å². The third kappa shape index (κ3) is 3.61. The van der Waals surface area contributed by atoms with Gasteiger partial charge in [0, 0.05) is 10.5 Å². The van der Waals surface area contributed by atoms with Gasteiger partial charge < -0.3 is 10.5 Å². The number of ether oxygens (including phenoxy) is 1. The van der Waals surface area contributed by atoms with Crippen molar-refractivity contribution >= 4 is 33.5 Å². The van der Waals surface area contributed by atoms with Gasteiger partial charge in [0.1, 0.15) is 12.4 Å². The first-order valence-corrected chi connectivity index (χ1v) is 7.25. The lowest BCUT2D eigenvalue weighted by molar-refractivity contribution is 0.291. The molecule has 0 saturated carbocycles. The van der Waals surface area contributed by atoms with E-state index in [1.807, 2.05) is 30.5 Å². The molecule has 1 aromatic carbocycles. The van der Waals surface area contributed by atoms with Crippen molar-refractivity contribution in [2.75, 3.05) is 12.0 Å². The van der Waals surface area contributed by atoms with Gasteiger partial charge in [-0.25, -0.2) is 4.98 Å². The minimum atomic E-state index is 0.417. The first kappa shape index (κ1) is 13.2. The summed E-state index contributed by atoms with van der Waals surface area (Å²) in [5.41, 5.74) is 6.74. The van der Waals surface area contributed by atoms with Gasteiger partial charge in [-0.05, 0) is 24.0 Å². The molecule has 0 radical (unpaired) electrons. The van der Waals surface area contributed by atoms with E-state index in [0.29, 0.717) is 23.5 Å². The summed E-state index contributed by atoms with van der Waals surface area (Å²) < 4.78 is 6.64. The summed E-state index contributed by atoms with van der Waals surface area (Å²) in [4.78, 5) is 8.29. The van der Waals surface area contributed by atoms with E-state index in [2.05, 4.69) is 25.9 Å². The Bertz CT molecular complexity index is 533. The van der Waals surface area contributed by atoms with Crippen molar-refractivity contribution in [3.8, 4) is 5.88 Å². The Morgan fingerprint density at radius 2 is 2.00 bits per heavy atom. The van der Waals surface area contributed by atoms with E-state index in [0.717, 1.165) is 10.0 Å². The number of nitrogens with zero attached hydrogens (tertiary/aromatic N) is 2. The van der Waals surface area contributed by atoms with Crippen LogP contribution in [0.3, 0.4) is 0 Å². The third-order valence-corrected chi connectivity index (χ3v) is 3.26. The lowest BCUT2D eigenvalue weighted by Gasteiger charge is -2.07. The second-order valence-corrected chi connectivity index (χ2v) is 5.22. The summed E-state index contributed by atoms with van der Waals surface area (Å²) in [5.74, 6) is 0.912. The van der Waals surface area contributed by atoms with Crippen LogP contribution in [0.4, 0.5) is 5.82 Å². The number of rotatable bonds is 4. The lowest BCUT2D eigenvalue weighted by atomic mass is 10.2. The highest BCUT2D eigenvalue weighted by molar-refractivity contribution is 9.10.